The molecule has 2 aromatic rings. The highest BCUT2D eigenvalue weighted by Gasteiger charge is 2.18. The molecule has 2 N–H and O–H groups in total. The molecule has 3 rings (SSSR count). The van der Waals surface area contributed by atoms with Crippen molar-refractivity contribution in [1.29, 1.82) is 0 Å². The van der Waals surface area contributed by atoms with E-state index in [-0.39, 0.29) is 17.9 Å². The Morgan fingerprint density at radius 2 is 1.83 bits per heavy atom. The summed E-state index contributed by atoms with van der Waals surface area (Å²) in [6.45, 7) is 6.91. The van der Waals surface area contributed by atoms with Crippen molar-refractivity contribution in [3.63, 3.8) is 0 Å². The molecule has 2 aromatic carbocycles. The molecule has 29 heavy (non-hydrogen) atoms. The van der Waals surface area contributed by atoms with E-state index in [2.05, 4.69) is 10.6 Å². The summed E-state index contributed by atoms with van der Waals surface area (Å²) >= 11 is 0. The van der Waals surface area contributed by atoms with E-state index in [0.717, 1.165) is 36.3 Å². The fourth-order valence-corrected chi connectivity index (χ4v) is 3.28. The lowest BCUT2D eigenvalue weighted by molar-refractivity contribution is -0.122. The largest absolute Gasteiger partial charge is 0.480 e. The minimum Gasteiger partial charge on any atom is -0.480 e. The van der Waals surface area contributed by atoms with Gasteiger partial charge in [-0.05, 0) is 69.0 Å². The lowest BCUT2D eigenvalue weighted by Gasteiger charge is -2.18. The number of amides is 2. The van der Waals surface area contributed by atoms with Crippen LogP contribution in [0.4, 0.5) is 5.69 Å². The summed E-state index contributed by atoms with van der Waals surface area (Å²) < 4.78 is 11.4. The van der Waals surface area contributed by atoms with E-state index in [4.69, 9.17) is 9.47 Å². The van der Waals surface area contributed by atoms with Crippen LogP contribution in [0.5, 0.6) is 5.75 Å². The van der Waals surface area contributed by atoms with Gasteiger partial charge in [0.15, 0.2) is 6.10 Å². The average Bonchev–Trinajstić information content (AvgIpc) is 3.23. The number of carbonyl (C=O) groups excluding carboxylic acids is 2. The Kier molecular flexibility index (Phi) is 6.88. The Balaban J connectivity index is 1.53. The van der Waals surface area contributed by atoms with Gasteiger partial charge in [-0.2, -0.15) is 0 Å². The third-order valence-electron chi connectivity index (χ3n) is 5.00. The topological polar surface area (TPSA) is 76.7 Å². The summed E-state index contributed by atoms with van der Waals surface area (Å²) in [5.41, 5.74) is 3.13. The molecule has 154 valence electrons. The van der Waals surface area contributed by atoms with E-state index < -0.39 is 6.10 Å². The minimum absolute atomic E-state index is 0.107. The Morgan fingerprint density at radius 1 is 1.14 bits per heavy atom. The first-order chi connectivity index (χ1) is 13.9. The maximum atomic E-state index is 12.5. The molecule has 0 radical (unpaired) electrons. The maximum absolute atomic E-state index is 12.5. The van der Waals surface area contributed by atoms with E-state index in [0.29, 0.717) is 17.8 Å². The van der Waals surface area contributed by atoms with Crippen LogP contribution in [0.15, 0.2) is 42.5 Å². The van der Waals surface area contributed by atoms with Gasteiger partial charge in [0, 0.05) is 24.4 Å². The molecule has 1 saturated heterocycles. The van der Waals surface area contributed by atoms with Gasteiger partial charge in [0.1, 0.15) is 5.75 Å². The van der Waals surface area contributed by atoms with Crippen LogP contribution in [0.25, 0.3) is 0 Å². The summed E-state index contributed by atoms with van der Waals surface area (Å²) in [6.07, 6.45) is 1.48. The number of nitrogens with one attached hydrogen (secondary N) is 2. The van der Waals surface area contributed by atoms with Crippen molar-refractivity contribution in [3.05, 3.63) is 59.2 Å². The smallest absolute Gasteiger partial charge is 0.265 e. The van der Waals surface area contributed by atoms with Gasteiger partial charge in [0.05, 0.1) is 6.10 Å². The van der Waals surface area contributed by atoms with Gasteiger partial charge in [-0.3, -0.25) is 9.59 Å². The molecule has 6 nitrogen and oxygen atoms in total. The molecule has 1 aliphatic rings. The first-order valence-electron chi connectivity index (χ1n) is 9.97. The van der Waals surface area contributed by atoms with Crippen LogP contribution >= 0.6 is 0 Å². The van der Waals surface area contributed by atoms with Crippen molar-refractivity contribution in [3.8, 4) is 5.75 Å². The number of carbonyl (C=O) groups is 2. The molecule has 0 aromatic heterocycles. The van der Waals surface area contributed by atoms with Crippen LogP contribution in [0.1, 0.15) is 41.3 Å². The number of anilines is 1. The number of hydrogen-bond acceptors (Lipinski definition) is 4. The predicted molar refractivity (Wildman–Crippen MR) is 112 cm³/mol. The molecule has 1 heterocycles. The van der Waals surface area contributed by atoms with Crippen LogP contribution in [-0.2, 0) is 9.53 Å². The molecule has 0 spiro atoms. The minimum atomic E-state index is -0.649. The molecule has 0 aliphatic carbocycles. The zero-order valence-electron chi connectivity index (χ0n) is 17.2. The third kappa shape index (κ3) is 5.57. The number of rotatable bonds is 7. The summed E-state index contributed by atoms with van der Waals surface area (Å²) in [7, 11) is 0. The van der Waals surface area contributed by atoms with Gasteiger partial charge in [0.25, 0.3) is 11.8 Å². The van der Waals surface area contributed by atoms with Crippen LogP contribution in [0.2, 0.25) is 0 Å². The molecular formula is C23H28N2O4. The number of aryl methyl sites for hydroxylation is 2. The zero-order valence-corrected chi connectivity index (χ0v) is 17.2. The Hall–Kier alpha value is -2.86. The fraction of sp³-hybridized carbons (Fsp3) is 0.391. The van der Waals surface area contributed by atoms with E-state index in [1.165, 1.54) is 0 Å². The van der Waals surface area contributed by atoms with Crippen molar-refractivity contribution in [1.82, 2.24) is 5.32 Å². The van der Waals surface area contributed by atoms with Gasteiger partial charge in [-0.1, -0.05) is 18.2 Å². The number of para-hydroxylation sites is 1. The van der Waals surface area contributed by atoms with Crippen molar-refractivity contribution in [2.75, 3.05) is 18.5 Å². The van der Waals surface area contributed by atoms with E-state index in [9.17, 15) is 9.59 Å². The molecular weight excluding hydrogens is 368 g/mol. The Labute approximate surface area is 171 Å². The number of benzene rings is 2. The van der Waals surface area contributed by atoms with Crippen molar-refractivity contribution < 1.29 is 19.1 Å². The van der Waals surface area contributed by atoms with Crippen LogP contribution in [0.3, 0.4) is 0 Å². The quantitative estimate of drug-likeness (QED) is 0.749. The second-order valence-electron chi connectivity index (χ2n) is 7.39. The summed E-state index contributed by atoms with van der Waals surface area (Å²) in [6, 6.07) is 12.7. The second-order valence-corrected chi connectivity index (χ2v) is 7.39. The van der Waals surface area contributed by atoms with E-state index in [1.807, 2.05) is 32.0 Å². The third-order valence-corrected chi connectivity index (χ3v) is 5.00. The normalized spacial score (nSPS) is 16.9. The standard InChI is InChI=1S/C23H28N2O4/c1-15-6-4-7-16(2)21(15)29-17(3)22(26)25-19-11-9-18(10-12-19)23(27)24-14-20-8-5-13-28-20/h4,6-7,9-12,17,20H,5,8,13-14H2,1-3H3,(H,24,27)(H,25,26). The average molecular weight is 396 g/mol. The maximum Gasteiger partial charge on any atom is 0.265 e. The van der Waals surface area contributed by atoms with Crippen molar-refractivity contribution in [2.24, 2.45) is 0 Å². The van der Waals surface area contributed by atoms with Crippen molar-refractivity contribution in [2.45, 2.75) is 45.8 Å². The highest BCUT2D eigenvalue weighted by atomic mass is 16.5. The van der Waals surface area contributed by atoms with Crippen molar-refractivity contribution >= 4 is 17.5 Å². The highest BCUT2D eigenvalue weighted by Crippen LogP contribution is 2.24. The van der Waals surface area contributed by atoms with Gasteiger partial charge >= 0.3 is 0 Å². The molecule has 0 bridgehead atoms. The molecule has 6 heteroatoms. The second kappa shape index (κ2) is 9.56. The first-order valence-corrected chi connectivity index (χ1v) is 9.97. The predicted octanol–water partition coefficient (Wildman–Crippen LogP) is 3.62. The number of hydrogen-bond donors (Lipinski definition) is 2. The van der Waals surface area contributed by atoms with Gasteiger partial charge in [-0.15, -0.1) is 0 Å². The summed E-state index contributed by atoms with van der Waals surface area (Å²) in [4.78, 5) is 24.7. The van der Waals surface area contributed by atoms with Crippen LogP contribution in [-0.4, -0.2) is 37.2 Å². The molecule has 0 saturated carbocycles. The van der Waals surface area contributed by atoms with Gasteiger partial charge in [0.2, 0.25) is 0 Å². The van der Waals surface area contributed by atoms with E-state index >= 15 is 0 Å². The summed E-state index contributed by atoms with van der Waals surface area (Å²) in [5.74, 6) is 0.335. The van der Waals surface area contributed by atoms with Crippen LogP contribution < -0.4 is 15.4 Å². The van der Waals surface area contributed by atoms with Gasteiger partial charge in [-0.25, -0.2) is 0 Å². The lowest BCUT2D eigenvalue weighted by Crippen LogP contribution is -2.32. The molecule has 2 unspecified atom stereocenters. The van der Waals surface area contributed by atoms with E-state index in [1.54, 1.807) is 31.2 Å². The van der Waals surface area contributed by atoms with Crippen LogP contribution in [0, 0.1) is 13.8 Å². The zero-order chi connectivity index (χ0) is 20.8. The summed E-state index contributed by atoms with van der Waals surface area (Å²) in [5, 5.41) is 5.71. The first kappa shape index (κ1) is 20.9. The SMILES string of the molecule is Cc1cccc(C)c1OC(C)C(=O)Nc1ccc(C(=O)NCC2CCCO2)cc1. The molecule has 2 atom stereocenters. The van der Waals surface area contributed by atoms with Gasteiger partial charge < -0.3 is 20.1 Å². The molecule has 2 amide bonds. The Bertz CT molecular complexity index is 837. The fourth-order valence-electron chi connectivity index (χ4n) is 3.28. The highest BCUT2D eigenvalue weighted by molar-refractivity contribution is 5.96. The molecule has 1 fully saturated rings. The Morgan fingerprint density at radius 3 is 2.45 bits per heavy atom. The monoisotopic (exact) mass is 396 g/mol. The lowest BCUT2D eigenvalue weighted by atomic mass is 10.1. The number of ether oxygens (including phenoxy) is 2. The molecule has 1 aliphatic heterocycles.